The van der Waals surface area contributed by atoms with Crippen molar-refractivity contribution in [1.82, 2.24) is 0 Å². The maximum atomic E-state index is 4.59. The van der Waals surface area contributed by atoms with E-state index in [-0.39, 0.29) is 0 Å². The average molecular weight is 466 g/mol. The minimum absolute atomic E-state index is 0.729. The lowest BCUT2D eigenvalue weighted by Gasteiger charge is -2.38. The van der Waals surface area contributed by atoms with Crippen molar-refractivity contribution < 1.29 is 0 Å². The predicted octanol–water partition coefficient (Wildman–Crippen LogP) is 8.43. The van der Waals surface area contributed by atoms with E-state index in [1.54, 1.807) is 5.57 Å². The van der Waals surface area contributed by atoms with Crippen molar-refractivity contribution >= 4 is 22.6 Å². The Bertz CT molecular complexity index is 514. The van der Waals surface area contributed by atoms with Gasteiger partial charge in [0.05, 0.1) is 0 Å². The van der Waals surface area contributed by atoms with E-state index in [1.807, 2.05) is 0 Å². The molecule has 0 spiro atoms. The number of fused-ring (bicyclic) bond motifs is 1. The van der Waals surface area contributed by atoms with Gasteiger partial charge in [-0.1, -0.05) is 97.6 Å². The Morgan fingerprint density at radius 2 is 1.81 bits per heavy atom. The minimum Gasteiger partial charge on any atom is -0.0956 e. The summed E-state index contributed by atoms with van der Waals surface area (Å²) in [6, 6.07) is 0. The number of alkyl halides is 1. The Morgan fingerprint density at radius 1 is 1.04 bits per heavy atom. The van der Waals surface area contributed by atoms with Crippen LogP contribution in [-0.2, 0) is 0 Å². The third-order valence-electron chi connectivity index (χ3n) is 7.32. The van der Waals surface area contributed by atoms with Crippen molar-refractivity contribution in [1.29, 1.82) is 0 Å². The van der Waals surface area contributed by atoms with Crippen LogP contribution in [0.3, 0.4) is 0 Å². The zero-order valence-corrected chi connectivity index (χ0v) is 19.1. The minimum atomic E-state index is 0.729. The summed E-state index contributed by atoms with van der Waals surface area (Å²) in [4.78, 5) is 0. The largest absolute Gasteiger partial charge is 0.0956 e. The Labute approximate surface area is 176 Å². The van der Waals surface area contributed by atoms with E-state index in [4.69, 9.17) is 0 Å². The maximum Gasteiger partial charge on any atom is 0.0292 e. The van der Waals surface area contributed by atoms with Crippen LogP contribution in [-0.4, -0.2) is 3.92 Å². The lowest BCUT2D eigenvalue weighted by Crippen LogP contribution is -2.28. The van der Waals surface area contributed by atoms with Gasteiger partial charge in [-0.3, -0.25) is 0 Å². The number of hydrogen-bond donors (Lipinski definition) is 0. The monoisotopic (exact) mass is 466 g/mol. The van der Waals surface area contributed by atoms with Gasteiger partial charge in [-0.05, 0) is 75.0 Å². The van der Waals surface area contributed by atoms with Gasteiger partial charge in [0, 0.05) is 3.92 Å². The van der Waals surface area contributed by atoms with Gasteiger partial charge in [0.15, 0.2) is 0 Å². The number of rotatable bonds is 3. The molecule has 146 valence electrons. The van der Waals surface area contributed by atoms with Crippen LogP contribution in [0, 0.1) is 23.7 Å². The summed E-state index contributed by atoms with van der Waals surface area (Å²) < 4.78 is 0.768. The Hall–Kier alpha value is -0.0500. The Balaban J connectivity index is 1.65. The zero-order valence-electron chi connectivity index (χ0n) is 16.9. The molecule has 0 aromatic carbocycles. The van der Waals surface area contributed by atoms with Crippen molar-refractivity contribution in [2.45, 2.75) is 94.3 Å². The molecule has 3 rings (SSSR count). The molecule has 3 aliphatic rings. The van der Waals surface area contributed by atoms with Crippen LogP contribution in [0.4, 0.5) is 0 Å². The number of hydrogen-bond acceptors (Lipinski definition) is 0. The van der Waals surface area contributed by atoms with Crippen molar-refractivity contribution in [3.63, 3.8) is 0 Å². The molecule has 0 nitrogen and oxygen atoms in total. The summed E-state index contributed by atoms with van der Waals surface area (Å²) in [5, 5.41) is 0. The first-order chi connectivity index (χ1) is 12.7. The van der Waals surface area contributed by atoms with Gasteiger partial charge in [-0.25, -0.2) is 0 Å². The summed E-state index contributed by atoms with van der Waals surface area (Å²) in [7, 11) is 0. The molecule has 1 heteroatoms. The second-order valence-electron chi connectivity index (χ2n) is 9.13. The first-order valence-corrected chi connectivity index (χ1v) is 12.6. The van der Waals surface area contributed by atoms with Crippen LogP contribution < -0.4 is 0 Å². The third kappa shape index (κ3) is 5.72. The van der Waals surface area contributed by atoms with Crippen LogP contribution >= 0.6 is 22.6 Å². The molecule has 0 N–H and O–H groups in total. The summed E-state index contributed by atoms with van der Waals surface area (Å²) in [6.45, 7) is 6.98. The van der Waals surface area contributed by atoms with Crippen molar-refractivity contribution in [3.8, 4) is 0 Å². The lowest BCUT2D eigenvalue weighted by atomic mass is 9.68. The molecular formula is C25H39I. The highest BCUT2D eigenvalue weighted by atomic mass is 127. The summed E-state index contributed by atoms with van der Waals surface area (Å²) >= 11 is 2.61. The maximum absolute atomic E-state index is 4.59. The summed E-state index contributed by atoms with van der Waals surface area (Å²) in [6.07, 6.45) is 25.8. The fourth-order valence-corrected chi connectivity index (χ4v) is 6.49. The van der Waals surface area contributed by atoms with Crippen molar-refractivity contribution in [2.24, 2.45) is 23.7 Å². The first-order valence-electron chi connectivity index (χ1n) is 11.4. The number of halogens is 1. The fraction of sp³-hybridized carbons (Fsp3) is 0.760. The van der Waals surface area contributed by atoms with Gasteiger partial charge < -0.3 is 0 Å². The number of allylic oxidation sites excluding steroid dienone is 5. The van der Waals surface area contributed by atoms with Gasteiger partial charge in [-0.15, -0.1) is 0 Å². The van der Waals surface area contributed by atoms with E-state index in [0.717, 1.165) is 27.6 Å². The van der Waals surface area contributed by atoms with Crippen LogP contribution in [0.5, 0.6) is 0 Å². The van der Waals surface area contributed by atoms with E-state index in [9.17, 15) is 0 Å². The third-order valence-corrected chi connectivity index (χ3v) is 8.25. The van der Waals surface area contributed by atoms with Gasteiger partial charge in [0.25, 0.3) is 0 Å². The average Bonchev–Trinajstić information content (AvgIpc) is 2.66. The molecule has 4 unspecified atom stereocenters. The molecule has 0 aromatic rings. The quantitative estimate of drug-likeness (QED) is 0.222. The fourth-order valence-electron chi connectivity index (χ4n) is 5.59. The standard InChI is InChI=1S/C25H39I/c1-3-20-10-8-6-4-5-7-9-11-22(20)16-19(2)21-12-13-24-18-25(26)15-14-23(24)17-21/h14-16,20-21,23-25H,2-13,17-18H2,1H3/b22-16-/t20?,21?,23?,24-,25?/m0/s1. The van der Waals surface area contributed by atoms with Crippen LogP contribution in [0.1, 0.15) is 90.4 Å². The van der Waals surface area contributed by atoms with Crippen LogP contribution in [0.2, 0.25) is 0 Å². The second kappa shape index (κ2) is 10.5. The van der Waals surface area contributed by atoms with E-state index >= 15 is 0 Å². The molecule has 0 saturated heterocycles. The van der Waals surface area contributed by atoms with Gasteiger partial charge in [0.1, 0.15) is 0 Å². The predicted molar refractivity (Wildman–Crippen MR) is 124 cm³/mol. The van der Waals surface area contributed by atoms with Crippen LogP contribution in [0.15, 0.2) is 36.0 Å². The van der Waals surface area contributed by atoms with E-state index in [2.05, 4.69) is 54.3 Å². The van der Waals surface area contributed by atoms with E-state index < -0.39 is 0 Å². The highest BCUT2D eigenvalue weighted by molar-refractivity contribution is 14.1. The Kier molecular flexibility index (Phi) is 8.34. The molecule has 0 radical (unpaired) electrons. The smallest absolute Gasteiger partial charge is 0.0292 e. The molecular weight excluding hydrogens is 427 g/mol. The molecule has 0 bridgehead atoms. The van der Waals surface area contributed by atoms with Gasteiger partial charge >= 0.3 is 0 Å². The SMILES string of the molecule is C=C(/C=C1/CCCCCCCCC1CC)C1CC[C@H]2CC(I)C=CC2C1. The Morgan fingerprint density at radius 3 is 2.62 bits per heavy atom. The normalized spacial score (nSPS) is 37.9. The van der Waals surface area contributed by atoms with Crippen LogP contribution in [0.25, 0.3) is 0 Å². The van der Waals surface area contributed by atoms with Gasteiger partial charge in [0.2, 0.25) is 0 Å². The highest BCUT2D eigenvalue weighted by Gasteiger charge is 2.32. The molecule has 3 aliphatic carbocycles. The molecule has 0 aromatic heterocycles. The molecule has 26 heavy (non-hydrogen) atoms. The zero-order chi connectivity index (χ0) is 18.4. The van der Waals surface area contributed by atoms with E-state index in [0.29, 0.717) is 0 Å². The summed E-state index contributed by atoms with van der Waals surface area (Å²) in [5.41, 5.74) is 3.20. The molecule has 0 amide bonds. The lowest BCUT2D eigenvalue weighted by molar-refractivity contribution is 0.223. The van der Waals surface area contributed by atoms with Crippen molar-refractivity contribution in [2.75, 3.05) is 0 Å². The molecule has 0 aliphatic heterocycles. The topological polar surface area (TPSA) is 0 Å². The molecule has 2 fully saturated rings. The highest BCUT2D eigenvalue weighted by Crippen LogP contribution is 2.44. The second-order valence-corrected chi connectivity index (χ2v) is 10.7. The first kappa shape index (κ1) is 20.7. The summed E-state index contributed by atoms with van der Waals surface area (Å²) in [5.74, 6) is 3.30. The van der Waals surface area contributed by atoms with E-state index in [1.165, 1.54) is 89.0 Å². The van der Waals surface area contributed by atoms with Crippen molar-refractivity contribution in [3.05, 3.63) is 36.0 Å². The molecule has 2 saturated carbocycles. The van der Waals surface area contributed by atoms with Gasteiger partial charge in [-0.2, -0.15) is 0 Å². The molecule has 5 atom stereocenters. The molecule has 0 heterocycles.